The second-order valence-electron chi connectivity index (χ2n) is 4.99. The second-order valence-corrected chi connectivity index (χ2v) is 4.99. The standard InChI is InChI=1S/C14H28N2O/c1-13(2)8-6-4-5-7-9-16-10-11-17-14(3)12-15/h13-14,16H,4-11H2,1-3H3. The maximum Gasteiger partial charge on any atom is 0.141 e. The summed E-state index contributed by atoms with van der Waals surface area (Å²) in [6.45, 7) is 8.87. The molecule has 0 saturated carbocycles. The molecule has 17 heavy (non-hydrogen) atoms. The fourth-order valence-electron chi connectivity index (χ4n) is 1.63. The van der Waals surface area contributed by atoms with Crippen molar-refractivity contribution in [3.05, 3.63) is 0 Å². The quantitative estimate of drug-likeness (QED) is 0.564. The largest absolute Gasteiger partial charge is 0.362 e. The van der Waals surface area contributed by atoms with Gasteiger partial charge in [-0.15, -0.1) is 0 Å². The minimum atomic E-state index is -0.284. The van der Waals surface area contributed by atoms with Gasteiger partial charge in [0, 0.05) is 6.54 Å². The Morgan fingerprint density at radius 2 is 1.76 bits per heavy atom. The van der Waals surface area contributed by atoms with E-state index in [0.717, 1.165) is 19.0 Å². The predicted octanol–water partition coefficient (Wildman–Crippen LogP) is 3.11. The lowest BCUT2D eigenvalue weighted by Crippen LogP contribution is -2.22. The maximum atomic E-state index is 8.50. The van der Waals surface area contributed by atoms with Crippen molar-refractivity contribution in [2.45, 2.75) is 59.0 Å². The Kier molecular flexibility index (Phi) is 11.5. The van der Waals surface area contributed by atoms with Gasteiger partial charge in [-0.3, -0.25) is 0 Å². The van der Waals surface area contributed by atoms with Crippen LogP contribution in [0.4, 0.5) is 0 Å². The molecule has 0 aromatic heterocycles. The summed E-state index contributed by atoms with van der Waals surface area (Å²) in [7, 11) is 0. The van der Waals surface area contributed by atoms with Crippen molar-refractivity contribution >= 4 is 0 Å². The summed E-state index contributed by atoms with van der Waals surface area (Å²) in [6, 6.07) is 2.05. The van der Waals surface area contributed by atoms with Crippen LogP contribution in [0.15, 0.2) is 0 Å². The Morgan fingerprint density at radius 3 is 2.41 bits per heavy atom. The number of nitriles is 1. The molecule has 0 heterocycles. The van der Waals surface area contributed by atoms with Crippen LogP contribution in [0.3, 0.4) is 0 Å². The molecule has 100 valence electrons. The summed E-state index contributed by atoms with van der Waals surface area (Å²) >= 11 is 0. The number of hydrogen-bond acceptors (Lipinski definition) is 3. The SMILES string of the molecule is CC(C)CCCCCCNCCOC(C)C#N. The van der Waals surface area contributed by atoms with E-state index in [-0.39, 0.29) is 6.10 Å². The molecule has 0 aromatic carbocycles. The van der Waals surface area contributed by atoms with Gasteiger partial charge in [0.25, 0.3) is 0 Å². The van der Waals surface area contributed by atoms with Crippen LogP contribution in [0.25, 0.3) is 0 Å². The lowest BCUT2D eigenvalue weighted by molar-refractivity contribution is 0.104. The van der Waals surface area contributed by atoms with Gasteiger partial charge in [0.15, 0.2) is 0 Å². The van der Waals surface area contributed by atoms with E-state index >= 15 is 0 Å². The summed E-state index contributed by atoms with van der Waals surface area (Å²) in [4.78, 5) is 0. The normalized spacial score (nSPS) is 12.6. The van der Waals surface area contributed by atoms with E-state index in [0.29, 0.717) is 6.61 Å². The molecular weight excluding hydrogens is 212 g/mol. The highest BCUT2D eigenvalue weighted by atomic mass is 16.5. The maximum absolute atomic E-state index is 8.50. The molecule has 1 unspecified atom stereocenters. The molecule has 0 spiro atoms. The second kappa shape index (κ2) is 11.9. The van der Waals surface area contributed by atoms with E-state index in [1.54, 1.807) is 6.92 Å². The van der Waals surface area contributed by atoms with Crippen molar-refractivity contribution in [1.29, 1.82) is 5.26 Å². The fourth-order valence-corrected chi connectivity index (χ4v) is 1.63. The van der Waals surface area contributed by atoms with Gasteiger partial charge in [0.05, 0.1) is 12.7 Å². The molecule has 0 amide bonds. The first kappa shape index (κ1) is 16.4. The van der Waals surface area contributed by atoms with Gasteiger partial charge in [0.2, 0.25) is 0 Å². The lowest BCUT2D eigenvalue weighted by Gasteiger charge is -2.07. The minimum Gasteiger partial charge on any atom is -0.362 e. The smallest absolute Gasteiger partial charge is 0.141 e. The van der Waals surface area contributed by atoms with E-state index in [9.17, 15) is 0 Å². The van der Waals surface area contributed by atoms with Gasteiger partial charge in [-0.25, -0.2) is 0 Å². The van der Waals surface area contributed by atoms with Gasteiger partial charge in [-0.2, -0.15) is 5.26 Å². The van der Waals surface area contributed by atoms with Crippen LogP contribution in [0.5, 0.6) is 0 Å². The van der Waals surface area contributed by atoms with Gasteiger partial charge < -0.3 is 10.1 Å². The number of unbranched alkanes of at least 4 members (excludes halogenated alkanes) is 3. The van der Waals surface area contributed by atoms with E-state index in [4.69, 9.17) is 10.00 Å². The topological polar surface area (TPSA) is 45.0 Å². The highest BCUT2D eigenvalue weighted by molar-refractivity contribution is 4.78. The Hall–Kier alpha value is -0.590. The molecule has 0 rings (SSSR count). The van der Waals surface area contributed by atoms with Crippen LogP contribution in [-0.4, -0.2) is 25.8 Å². The van der Waals surface area contributed by atoms with Crippen LogP contribution in [-0.2, 0) is 4.74 Å². The number of nitrogens with zero attached hydrogens (tertiary/aromatic N) is 1. The summed E-state index contributed by atoms with van der Waals surface area (Å²) in [6.07, 6.45) is 6.34. The molecule has 0 aliphatic carbocycles. The van der Waals surface area contributed by atoms with Crippen molar-refractivity contribution in [3.63, 3.8) is 0 Å². The average molecular weight is 240 g/mol. The Bertz CT molecular complexity index is 199. The Morgan fingerprint density at radius 1 is 1.06 bits per heavy atom. The molecule has 1 N–H and O–H groups in total. The van der Waals surface area contributed by atoms with E-state index < -0.39 is 0 Å². The molecule has 0 aliphatic heterocycles. The van der Waals surface area contributed by atoms with Crippen LogP contribution in [0.2, 0.25) is 0 Å². The molecule has 1 atom stereocenters. The third kappa shape index (κ3) is 13.3. The summed E-state index contributed by atoms with van der Waals surface area (Å²) in [5, 5.41) is 11.8. The van der Waals surface area contributed by atoms with Gasteiger partial charge >= 0.3 is 0 Å². The zero-order chi connectivity index (χ0) is 12.9. The van der Waals surface area contributed by atoms with Gasteiger partial charge in [-0.1, -0.05) is 39.5 Å². The number of nitrogens with one attached hydrogen (secondary N) is 1. The van der Waals surface area contributed by atoms with Crippen molar-refractivity contribution in [2.75, 3.05) is 19.7 Å². The third-order valence-corrected chi connectivity index (χ3v) is 2.71. The van der Waals surface area contributed by atoms with Crippen LogP contribution >= 0.6 is 0 Å². The van der Waals surface area contributed by atoms with E-state index in [2.05, 4.69) is 19.2 Å². The predicted molar refractivity (Wildman–Crippen MR) is 71.8 cm³/mol. The highest BCUT2D eigenvalue weighted by Crippen LogP contribution is 2.08. The highest BCUT2D eigenvalue weighted by Gasteiger charge is 1.97. The zero-order valence-electron chi connectivity index (χ0n) is 11.7. The van der Waals surface area contributed by atoms with Crippen molar-refractivity contribution in [2.24, 2.45) is 5.92 Å². The van der Waals surface area contributed by atoms with Gasteiger partial charge in [-0.05, 0) is 25.8 Å². The first-order valence-electron chi connectivity index (χ1n) is 6.88. The van der Waals surface area contributed by atoms with Crippen LogP contribution in [0, 0.1) is 17.2 Å². The first-order valence-corrected chi connectivity index (χ1v) is 6.88. The van der Waals surface area contributed by atoms with E-state index in [1.165, 1.54) is 32.1 Å². The van der Waals surface area contributed by atoms with Crippen molar-refractivity contribution < 1.29 is 4.74 Å². The number of hydrogen-bond donors (Lipinski definition) is 1. The molecule has 0 aliphatic rings. The summed E-state index contributed by atoms with van der Waals surface area (Å²) in [5.74, 6) is 0.840. The van der Waals surface area contributed by atoms with Crippen molar-refractivity contribution in [1.82, 2.24) is 5.32 Å². The molecular formula is C14H28N2O. The molecule has 3 nitrogen and oxygen atoms in total. The average Bonchev–Trinajstić information content (AvgIpc) is 2.30. The monoisotopic (exact) mass is 240 g/mol. The number of ether oxygens (including phenoxy) is 1. The van der Waals surface area contributed by atoms with Gasteiger partial charge in [0.1, 0.15) is 6.10 Å². The molecule has 0 radical (unpaired) electrons. The minimum absolute atomic E-state index is 0.284. The Labute approximate surface area is 107 Å². The summed E-state index contributed by atoms with van der Waals surface area (Å²) < 4.78 is 5.24. The Balaban J connectivity index is 3.02. The molecule has 0 bridgehead atoms. The molecule has 0 saturated heterocycles. The zero-order valence-corrected chi connectivity index (χ0v) is 11.7. The third-order valence-electron chi connectivity index (χ3n) is 2.71. The van der Waals surface area contributed by atoms with Crippen LogP contribution in [0.1, 0.15) is 52.9 Å². The van der Waals surface area contributed by atoms with Crippen LogP contribution < -0.4 is 5.32 Å². The molecule has 0 fully saturated rings. The number of rotatable bonds is 11. The lowest BCUT2D eigenvalue weighted by atomic mass is 10.0. The molecule has 3 heteroatoms. The van der Waals surface area contributed by atoms with Crippen molar-refractivity contribution in [3.8, 4) is 6.07 Å². The fraction of sp³-hybridized carbons (Fsp3) is 0.929. The van der Waals surface area contributed by atoms with E-state index in [1.807, 2.05) is 6.07 Å². The molecule has 0 aromatic rings. The first-order chi connectivity index (χ1) is 8.16. The summed E-state index contributed by atoms with van der Waals surface area (Å²) in [5.41, 5.74) is 0.